The Kier molecular flexibility index (Phi) is 14.0. The first-order chi connectivity index (χ1) is 17.1. The fourth-order valence-corrected chi connectivity index (χ4v) is 3.60. The van der Waals surface area contributed by atoms with Gasteiger partial charge in [-0.05, 0) is 64.0 Å². The van der Waals surface area contributed by atoms with Gasteiger partial charge < -0.3 is 31.5 Å². The van der Waals surface area contributed by atoms with Crippen molar-refractivity contribution in [2.75, 3.05) is 39.3 Å². The second-order valence-electron chi connectivity index (χ2n) is 8.58. The van der Waals surface area contributed by atoms with Gasteiger partial charge in [-0.1, -0.05) is 42.8 Å². The van der Waals surface area contributed by atoms with Gasteiger partial charge in [-0.3, -0.25) is 9.59 Å². The SMILES string of the molecule is O=C(Cc1ccccc1O)NCCCNCCCCCNCCCNC(=O)Cc1ccccc1O. The van der Waals surface area contributed by atoms with Crippen LogP contribution in [0.2, 0.25) is 0 Å². The maximum absolute atomic E-state index is 11.9. The van der Waals surface area contributed by atoms with Gasteiger partial charge in [-0.15, -0.1) is 0 Å². The molecule has 6 N–H and O–H groups in total. The van der Waals surface area contributed by atoms with Crippen LogP contribution in [0.25, 0.3) is 0 Å². The van der Waals surface area contributed by atoms with Crippen molar-refractivity contribution >= 4 is 11.8 Å². The topological polar surface area (TPSA) is 123 Å². The molecule has 2 rings (SSSR count). The number of phenols is 2. The van der Waals surface area contributed by atoms with Gasteiger partial charge in [0.25, 0.3) is 0 Å². The summed E-state index contributed by atoms with van der Waals surface area (Å²) in [6, 6.07) is 13.8. The molecule has 35 heavy (non-hydrogen) atoms. The quantitative estimate of drug-likeness (QED) is 0.181. The zero-order chi connectivity index (χ0) is 25.1. The normalized spacial score (nSPS) is 10.7. The van der Waals surface area contributed by atoms with Gasteiger partial charge in [-0.2, -0.15) is 0 Å². The highest BCUT2D eigenvalue weighted by Gasteiger charge is 2.07. The van der Waals surface area contributed by atoms with Crippen molar-refractivity contribution in [3.63, 3.8) is 0 Å². The van der Waals surface area contributed by atoms with Crippen LogP contribution in [0.15, 0.2) is 48.5 Å². The Morgan fingerprint density at radius 3 is 1.37 bits per heavy atom. The number of para-hydroxylation sites is 2. The second kappa shape index (κ2) is 17.4. The molecule has 0 aliphatic heterocycles. The molecule has 8 nitrogen and oxygen atoms in total. The fourth-order valence-electron chi connectivity index (χ4n) is 3.60. The molecule has 0 atom stereocenters. The van der Waals surface area contributed by atoms with Crippen molar-refractivity contribution < 1.29 is 19.8 Å². The highest BCUT2D eigenvalue weighted by molar-refractivity contribution is 5.79. The fraction of sp³-hybridized carbons (Fsp3) is 0.481. The summed E-state index contributed by atoms with van der Waals surface area (Å²) in [7, 11) is 0. The van der Waals surface area contributed by atoms with E-state index in [1.165, 1.54) is 0 Å². The minimum absolute atomic E-state index is 0.0751. The van der Waals surface area contributed by atoms with Gasteiger partial charge in [0.2, 0.25) is 11.8 Å². The maximum atomic E-state index is 11.9. The Hall–Kier alpha value is -3.10. The first-order valence-electron chi connectivity index (χ1n) is 12.5. The molecular formula is C27H40N4O4. The van der Waals surface area contributed by atoms with Crippen molar-refractivity contribution in [1.29, 1.82) is 0 Å². The number of phenolic OH excluding ortho intramolecular Hbond substituents is 2. The highest BCUT2D eigenvalue weighted by atomic mass is 16.3. The molecule has 0 bridgehead atoms. The summed E-state index contributed by atoms with van der Waals surface area (Å²) in [6.07, 6.45) is 5.51. The maximum Gasteiger partial charge on any atom is 0.224 e. The largest absolute Gasteiger partial charge is 0.508 e. The lowest BCUT2D eigenvalue weighted by molar-refractivity contribution is -0.121. The zero-order valence-corrected chi connectivity index (χ0v) is 20.5. The number of rotatable bonds is 18. The molecule has 2 amide bonds. The molecule has 0 radical (unpaired) electrons. The van der Waals surface area contributed by atoms with Crippen LogP contribution in [0, 0.1) is 0 Å². The lowest BCUT2D eigenvalue weighted by Gasteiger charge is -2.08. The number of hydrogen-bond donors (Lipinski definition) is 6. The third kappa shape index (κ3) is 12.8. The smallest absolute Gasteiger partial charge is 0.224 e. The van der Waals surface area contributed by atoms with E-state index < -0.39 is 0 Å². The van der Waals surface area contributed by atoms with E-state index in [2.05, 4.69) is 21.3 Å². The van der Waals surface area contributed by atoms with Crippen LogP contribution in [-0.2, 0) is 22.4 Å². The molecule has 0 aliphatic carbocycles. The van der Waals surface area contributed by atoms with E-state index in [-0.39, 0.29) is 36.2 Å². The molecule has 0 heterocycles. The number of amides is 2. The van der Waals surface area contributed by atoms with Crippen LogP contribution in [0.1, 0.15) is 43.2 Å². The monoisotopic (exact) mass is 484 g/mol. The van der Waals surface area contributed by atoms with Crippen LogP contribution in [0.3, 0.4) is 0 Å². The van der Waals surface area contributed by atoms with Crippen LogP contribution in [-0.4, -0.2) is 61.3 Å². The molecule has 0 unspecified atom stereocenters. The molecule has 0 saturated carbocycles. The molecule has 0 saturated heterocycles. The number of unbranched alkanes of at least 4 members (excludes halogenated alkanes) is 2. The molecule has 0 aliphatic rings. The Balaban J connectivity index is 1.32. The Bertz CT molecular complexity index is 819. The Labute approximate surface area is 208 Å². The standard InChI is InChI=1S/C27H40N4O4/c32-24-12-4-2-10-22(24)20-26(34)30-18-8-16-28-14-6-1-7-15-29-17-9-19-31-27(35)21-23-11-3-5-13-25(23)33/h2-5,10-13,28-29,32-33H,1,6-9,14-21H2,(H,30,34)(H,31,35). The predicted molar refractivity (Wildman–Crippen MR) is 138 cm³/mol. The summed E-state index contributed by atoms with van der Waals surface area (Å²) in [4.78, 5) is 23.8. The van der Waals surface area contributed by atoms with E-state index in [4.69, 9.17) is 0 Å². The first kappa shape index (κ1) is 28.1. The van der Waals surface area contributed by atoms with Crippen molar-refractivity contribution in [2.45, 2.75) is 44.9 Å². The number of benzene rings is 2. The molecule has 0 fully saturated rings. The minimum atomic E-state index is -0.0751. The molecular weight excluding hydrogens is 444 g/mol. The van der Waals surface area contributed by atoms with Gasteiger partial charge in [-0.25, -0.2) is 0 Å². The van der Waals surface area contributed by atoms with Crippen LogP contribution in [0.4, 0.5) is 0 Å². The Morgan fingerprint density at radius 2 is 0.943 bits per heavy atom. The second-order valence-corrected chi connectivity index (χ2v) is 8.58. The average molecular weight is 485 g/mol. The van der Waals surface area contributed by atoms with E-state index in [0.717, 1.165) is 58.3 Å². The average Bonchev–Trinajstić information content (AvgIpc) is 2.84. The number of hydrogen-bond acceptors (Lipinski definition) is 6. The van der Waals surface area contributed by atoms with E-state index in [0.29, 0.717) is 24.2 Å². The number of nitrogens with one attached hydrogen (secondary N) is 4. The van der Waals surface area contributed by atoms with Crippen molar-refractivity contribution in [1.82, 2.24) is 21.3 Å². The number of carbonyl (C=O) groups is 2. The minimum Gasteiger partial charge on any atom is -0.508 e. The molecule has 0 aromatic heterocycles. The van der Waals surface area contributed by atoms with Gasteiger partial charge in [0.15, 0.2) is 0 Å². The number of aromatic hydroxyl groups is 2. The molecule has 0 spiro atoms. The lowest BCUT2D eigenvalue weighted by atomic mass is 10.1. The van der Waals surface area contributed by atoms with Gasteiger partial charge >= 0.3 is 0 Å². The van der Waals surface area contributed by atoms with E-state index in [9.17, 15) is 19.8 Å². The highest BCUT2D eigenvalue weighted by Crippen LogP contribution is 2.16. The van der Waals surface area contributed by atoms with Gasteiger partial charge in [0, 0.05) is 24.2 Å². The van der Waals surface area contributed by atoms with Crippen molar-refractivity contribution in [2.24, 2.45) is 0 Å². The van der Waals surface area contributed by atoms with Crippen molar-refractivity contribution in [3.8, 4) is 11.5 Å². The Morgan fingerprint density at radius 1 is 0.543 bits per heavy atom. The van der Waals surface area contributed by atoms with Crippen LogP contribution in [0.5, 0.6) is 11.5 Å². The lowest BCUT2D eigenvalue weighted by Crippen LogP contribution is -2.29. The van der Waals surface area contributed by atoms with E-state index in [1.54, 1.807) is 36.4 Å². The van der Waals surface area contributed by atoms with Crippen LogP contribution < -0.4 is 21.3 Å². The summed E-state index contributed by atoms with van der Waals surface area (Å²) in [5.74, 6) is 0.165. The third-order valence-corrected chi connectivity index (χ3v) is 5.60. The molecule has 192 valence electrons. The summed E-state index contributed by atoms with van der Waals surface area (Å²) in [5, 5.41) is 32.0. The predicted octanol–water partition coefficient (Wildman–Crippen LogP) is 2.25. The first-order valence-corrected chi connectivity index (χ1v) is 12.5. The van der Waals surface area contributed by atoms with E-state index >= 15 is 0 Å². The summed E-state index contributed by atoms with van der Waals surface area (Å²) >= 11 is 0. The number of carbonyl (C=O) groups excluding carboxylic acids is 2. The zero-order valence-electron chi connectivity index (χ0n) is 20.5. The van der Waals surface area contributed by atoms with Gasteiger partial charge in [0.05, 0.1) is 12.8 Å². The van der Waals surface area contributed by atoms with Crippen molar-refractivity contribution in [3.05, 3.63) is 59.7 Å². The molecule has 2 aromatic rings. The van der Waals surface area contributed by atoms with E-state index in [1.807, 2.05) is 12.1 Å². The molecule has 2 aromatic carbocycles. The molecule has 8 heteroatoms. The van der Waals surface area contributed by atoms with Crippen LogP contribution >= 0.6 is 0 Å². The summed E-state index contributed by atoms with van der Waals surface area (Å²) in [5.41, 5.74) is 1.29. The summed E-state index contributed by atoms with van der Waals surface area (Å²) in [6.45, 7) is 4.91. The van der Waals surface area contributed by atoms with Gasteiger partial charge in [0.1, 0.15) is 11.5 Å². The third-order valence-electron chi connectivity index (χ3n) is 5.60. The summed E-state index contributed by atoms with van der Waals surface area (Å²) < 4.78 is 0.